The van der Waals surface area contributed by atoms with Gasteiger partial charge < -0.3 is 15.2 Å². The van der Waals surface area contributed by atoms with E-state index in [4.69, 9.17) is 15.2 Å². The molecule has 7 nitrogen and oxygen atoms in total. The summed E-state index contributed by atoms with van der Waals surface area (Å²) in [4.78, 5) is 11.5. The summed E-state index contributed by atoms with van der Waals surface area (Å²) in [5, 5.41) is 0. The van der Waals surface area contributed by atoms with Crippen molar-refractivity contribution in [2.24, 2.45) is 11.7 Å². The molecule has 0 saturated carbocycles. The van der Waals surface area contributed by atoms with Crippen molar-refractivity contribution < 1.29 is 22.7 Å². The quantitative estimate of drug-likeness (QED) is 0.864. The maximum Gasteiger partial charge on any atom is 0.243 e. The van der Waals surface area contributed by atoms with E-state index in [9.17, 15) is 13.2 Å². The molecule has 1 aromatic rings. The third kappa shape index (κ3) is 2.76. The number of amides is 1. The Labute approximate surface area is 129 Å². The van der Waals surface area contributed by atoms with Gasteiger partial charge >= 0.3 is 0 Å². The van der Waals surface area contributed by atoms with Crippen LogP contribution in [0, 0.1) is 5.92 Å². The minimum Gasteiger partial charge on any atom is -0.486 e. The number of carbonyl (C=O) groups excluding carboxylic acids is 1. The molecule has 0 aliphatic carbocycles. The normalized spacial score (nSPS) is 22.3. The van der Waals surface area contributed by atoms with Crippen molar-refractivity contribution in [2.45, 2.75) is 17.7 Å². The van der Waals surface area contributed by atoms with E-state index in [1.807, 2.05) is 0 Å². The molecule has 0 aromatic heterocycles. The van der Waals surface area contributed by atoms with Gasteiger partial charge in [0.2, 0.25) is 15.9 Å². The van der Waals surface area contributed by atoms with Gasteiger partial charge in [-0.05, 0) is 25.0 Å². The first-order valence-corrected chi connectivity index (χ1v) is 8.61. The fourth-order valence-corrected chi connectivity index (χ4v) is 4.27. The Morgan fingerprint density at radius 1 is 1.23 bits per heavy atom. The summed E-state index contributed by atoms with van der Waals surface area (Å²) in [6, 6.07) is 4.56. The molecule has 0 radical (unpaired) electrons. The molecule has 1 amide bonds. The zero-order chi connectivity index (χ0) is 15.7. The lowest BCUT2D eigenvalue weighted by Crippen LogP contribution is -2.44. The number of hydrogen-bond acceptors (Lipinski definition) is 5. The standard InChI is InChI=1S/C14H18N2O5S/c15-14(17)10-2-1-5-16(9-10)22(18,19)11-3-4-12-13(8-11)21-7-6-20-12/h3-4,8,10H,1-2,5-7,9H2,(H2,15,17)/t10-/m0/s1. The predicted octanol–water partition coefficient (Wildman–Crippen LogP) is 0.344. The van der Waals surface area contributed by atoms with Crippen LogP contribution < -0.4 is 15.2 Å². The average Bonchev–Trinajstić information content (AvgIpc) is 2.54. The molecule has 0 bridgehead atoms. The summed E-state index contributed by atoms with van der Waals surface area (Å²) in [5.41, 5.74) is 5.31. The van der Waals surface area contributed by atoms with Crippen molar-refractivity contribution in [1.29, 1.82) is 0 Å². The van der Waals surface area contributed by atoms with Gasteiger partial charge in [-0.2, -0.15) is 4.31 Å². The van der Waals surface area contributed by atoms with E-state index in [0.29, 0.717) is 44.1 Å². The highest BCUT2D eigenvalue weighted by Gasteiger charge is 2.33. The van der Waals surface area contributed by atoms with Gasteiger partial charge in [0, 0.05) is 19.2 Å². The van der Waals surface area contributed by atoms with E-state index in [1.54, 1.807) is 6.07 Å². The highest BCUT2D eigenvalue weighted by atomic mass is 32.2. The number of piperidine rings is 1. The van der Waals surface area contributed by atoms with Gasteiger partial charge in [0.15, 0.2) is 11.5 Å². The summed E-state index contributed by atoms with van der Waals surface area (Å²) in [6.07, 6.45) is 1.25. The number of rotatable bonds is 3. The lowest BCUT2D eigenvalue weighted by molar-refractivity contribution is -0.122. The highest BCUT2D eigenvalue weighted by Crippen LogP contribution is 2.34. The molecule has 2 aliphatic rings. The van der Waals surface area contributed by atoms with Crippen LogP contribution in [0.5, 0.6) is 11.5 Å². The number of benzene rings is 1. The average molecular weight is 326 g/mol. The molecule has 1 fully saturated rings. The van der Waals surface area contributed by atoms with E-state index in [1.165, 1.54) is 16.4 Å². The molecule has 2 aliphatic heterocycles. The maximum atomic E-state index is 12.7. The van der Waals surface area contributed by atoms with E-state index in [-0.39, 0.29) is 11.4 Å². The summed E-state index contributed by atoms with van der Waals surface area (Å²) >= 11 is 0. The number of ether oxygens (including phenoxy) is 2. The van der Waals surface area contributed by atoms with Gasteiger partial charge in [0.05, 0.1) is 10.8 Å². The van der Waals surface area contributed by atoms with Gasteiger partial charge in [-0.15, -0.1) is 0 Å². The first-order chi connectivity index (χ1) is 10.5. The van der Waals surface area contributed by atoms with Crippen molar-refractivity contribution in [3.63, 3.8) is 0 Å². The number of fused-ring (bicyclic) bond motifs is 1. The fourth-order valence-electron chi connectivity index (χ4n) is 2.73. The zero-order valence-corrected chi connectivity index (χ0v) is 12.8. The lowest BCUT2D eigenvalue weighted by Gasteiger charge is -2.30. The third-order valence-electron chi connectivity index (χ3n) is 3.94. The number of primary amides is 1. The van der Waals surface area contributed by atoms with E-state index in [0.717, 1.165) is 0 Å². The van der Waals surface area contributed by atoms with Crippen molar-refractivity contribution in [1.82, 2.24) is 4.31 Å². The van der Waals surface area contributed by atoms with E-state index < -0.39 is 21.8 Å². The van der Waals surface area contributed by atoms with Gasteiger partial charge in [-0.1, -0.05) is 0 Å². The first kappa shape index (κ1) is 15.1. The number of nitrogens with two attached hydrogens (primary N) is 1. The van der Waals surface area contributed by atoms with Crippen LogP contribution in [0.3, 0.4) is 0 Å². The Morgan fingerprint density at radius 2 is 1.95 bits per heavy atom. The van der Waals surface area contributed by atoms with Crippen LogP contribution in [0.4, 0.5) is 0 Å². The number of sulfonamides is 1. The highest BCUT2D eigenvalue weighted by molar-refractivity contribution is 7.89. The summed E-state index contributed by atoms with van der Waals surface area (Å²) in [5.74, 6) is 0.0810. The number of nitrogens with zero attached hydrogens (tertiary/aromatic N) is 1. The van der Waals surface area contributed by atoms with Crippen LogP contribution >= 0.6 is 0 Å². The second-order valence-electron chi connectivity index (χ2n) is 5.41. The van der Waals surface area contributed by atoms with Crippen LogP contribution in [0.2, 0.25) is 0 Å². The van der Waals surface area contributed by atoms with Crippen LogP contribution in [-0.4, -0.2) is 44.9 Å². The number of hydrogen-bond donors (Lipinski definition) is 1. The fraction of sp³-hybridized carbons (Fsp3) is 0.500. The van der Waals surface area contributed by atoms with Crippen molar-refractivity contribution in [3.05, 3.63) is 18.2 Å². The van der Waals surface area contributed by atoms with Gasteiger partial charge in [-0.25, -0.2) is 8.42 Å². The summed E-state index contributed by atoms with van der Waals surface area (Å²) in [6.45, 7) is 1.36. The van der Waals surface area contributed by atoms with Crippen LogP contribution in [0.15, 0.2) is 23.1 Å². The molecule has 3 rings (SSSR count). The van der Waals surface area contributed by atoms with Crippen molar-refractivity contribution >= 4 is 15.9 Å². The van der Waals surface area contributed by atoms with Crippen LogP contribution in [0.25, 0.3) is 0 Å². The molecular weight excluding hydrogens is 308 g/mol. The third-order valence-corrected chi connectivity index (χ3v) is 5.80. The Kier molecular flexibility index (Phi) is 3.96. The Bertz CT molecular complexity index is 688. The maximum absolute atomic E-state index is 12.7. The van der Waals surface area contributed by atoms with E-state index in [2.05, 4.69) is 0 Å². The monoisotopic (exact) mass is 326 g/mol. The smallest absolute Gasteiger partial charge is 0.243 e. The molecule has 2 N–H and O–H groups in total. The van der Waals surface area contributed by atoms with E-state index >= 15 is 0 Å². The van der Waals surface area contributed by atoms with Gasteiger partial charge in [0.1, 0.15) is 13.2 Å². The SMILES string of the molecule is NC(=O)[C@H]1CCCN(S(=O)(=O)c2ccc3c(c2)OCCO3)C1. The number of carbonyl (C=O) groups is 1. The van der Waals surface area contributed by atoms with Gasteiger partial charge in [-0.3, -0.25) is 4.79 Å². The molecule has 1 saturated heterocycles. The Hall–Kier alpha value is -1.80. The molecular formula is C14H18N2O5S. The second-order valence-corrected chi connectivity index (χ2v) is 7.35. The molecule has 1 atom stereocenters. The first-order valence-electron chi connectivity index (χ1n) is 7.17. The molecule has 1 aromatic carbocycles. The molecule has 8 heteroatoms. The van der Waals surface area contributed by atoms with Crippen LogP contribution in [0.1, 0.15) is 12.8 Å². The Balaban J connectivity index is 1.87. The lowest BCUT2D eigenvalue weighted by atomic mass is 9.99. The minimum atomic E-state index is -3.67. The molecule has 120 valence electrons. The molecule has 0 unspecified atom stereocenters. The predicted molar refractivity (Wildman–Crippen MR) is 78.1 cm³/mol. The molecule has 22 heavy (non-hydrogen) atoms. The van der Waals surface area contributed by atoms with Gasteiger partial charge in [0.25, 0.3) is 0 Å². The summed E-state index contributed by atoms with van der Waals surface area (Å²) in [7, 11) is -3.67. The topological polar surface area (TPSA) is 98.9 Å². The zero-order valence-electron chi connectivity index (χ0n) is 12.0. The van der Waals surface area contributed by atoms with Crippen LogP contribution in [-0.2, 0) is 14.8 Å². The molecule has 0 spiro atoms. The Morgan fingerprint density at radius 3 is 2.68 bits per heavy atom. The van der Waals surface area contributed by atoms with Crippen molar-refractivity contribution in [2.75, 3.05) is 26.3 Å². The molecule has 2 heterocycles. The van der Waals surface area contributed by atoms with Crippen molar-refractivity contribution in [3.8, 4) is 11.5 Å². The minimum absolute atomic E-state index is 0.131. The second kappa shape index (κ2) is 5.77. The largest absolute Gasteiger partial charge is 0.486 e. The summed E-state index contributed by atoms with van der Waals surface area (Å²) < 4.78 is 37.6.